The van der Waals surface area contributed by atoms with Crippen LogP contribution in [-0.4, -0.2) is 47.4 Å². The summed E-state index contributed by atoms with van der Waals surface area (Å²) < 4.78 is 13.2. The number of nitrogens with zero attached hydrogens (tertiary/aromatic N) is 3. The Balaban J connectivity index is 1.67. The van der Waals surface area contributed by atoms with Gasteiger partial charge in [-0.2, -0.15) is 0 Å². The zero-order valence-corrected chi connectivity index (χ0v) is 17.1. The Morgan fingerprint density at radius 2 is 1.83 bits per heavy atom. The Morgan fingerprint density at radius 1 is 1.17 bits per heavy atom. The van der Waals surface area contributed by atoms with Crippen molar-refractivity contribution in [3.8, 4) is 0 Å². The van der Waals surface area contributed by atoms with Crippen LogP contribution in [0.1, 0.15) is 26.3 Å². The molecule has 8 nitrogen and oxygen atoms in total. The Hall–Kier alpha value is -3.49. The molecule has 30 heavy (non-hydrogen) atoms. The quantitative estimate of drug-likeness (QED) is 0.680. The first-order valence-electron chi connectivity index (χ1n) is 9.69. The van der Waals surface area contributed by atoms with E-state index in [1.807, 2.05) is 13.8 Å². The summed E-state index contributed by atoms with van der Waals surface area (Å²) in [7, 11) is 0. The Labute approximate surface area is 174 Å². The van der Waals surface area contributed by atoms with Gasteiger partial charge in [-0.25, -0.2) is 14.2 Å². The normalized spacial score (nSPS) is 18.3. The second kappa shape index (κ2) is 8.48. The van der Waals surface area contributed by atoms with E-state index < -0.39 is 35.7 Å². The number of aromatic nitrogens is 1. The zero-order chi connectivity index (χ0) is 21.9. The number of anilines is 2. The molecule has 1 aromatic carbocycles. The molecule has 1 aliphatic heterocycles. The minimum absolute atomic E-state index is 0.432. The third kappa shape index (κ3) is 4.10. The van der Waals surface area contributed by atoms with E-state index in [1.165, 1.54) is 37.4 Å². The van der Waals surface area contributed by atoms with Crippen LogP contribution in [0.5, 0.6) is 0 Å². The second-order valence-corrected chi connectivity index (χ2v) is 7.08. The summed E-state index contributed by atoms with van der Waals surface area (Å²) in [6.07, 6.45) is 1.53. The first-order valence-corrected chi connectivity index (χ1v) is 9.69. The molecule has 1 saturated heterocycles. The van der Waals surface area contributed by atoms with Gasteiger partial charge >= 0.3 is 6.03 Å². The number of carbonyl (C=O) groups is 3. The Bertz CT molecular complexity index is 944. The number of rotatable bonds is 7. The van der Waals surface area contributed by atoms with E-state index in [4.69, 9.17) is 0 Å². The van der Waals surface area contributed by atoms with Gasteiger partial charge in [0.05, 0.1) is 11.9 Å². The number of hydrogen-bond acceptors (Lipinski definition) is 5. The van der Waals surface area contributed by atoms with Crippen molar-refractivity contribution in [2.24, 2.45) is 0 Å². The fourth-order valence-corrected chi connectivity index (χ4v) is 3.36. The first kappa shape index (κ1) is 21.2. The van der Waals surface area contributed by atoms with Gasteiger partial charge in [0, 0.05) is 13.1 Å². The largest absolute Gasteiger partial charge is 0.357 e. The van der Waals surface area contributed by atoms with E-state index in [9.17, 15) is 18.8 Å². The summed E-state index contributed by atoms with van der Waals surface area (Å²) in [6.45, 7) is 6.76. The summed E-state index contributed by atoms with van der Waals surface area (Å²) in [6, 6.07) is 8.11. The van der Waals surface area contributed by atoms with Gasteiger partial charge in [0.15, 0.2) is 0 Å². The average molecular weight is 413 g/mol. The summed E-state index contributed by atoms with van der Waals surface area (Å²) in [4.78, 5) is 44.8. The number of halogens is 1. The van der Waals surface area contributed by atoms with Gasteiger partial charge < -0.3 is 15.5 Å². The number of urea groups is 1. The number of pyridine rings is 1. The standard InChI is InChI=1S/C21H24FN5O3/c1-4-26(5-2)17-11-10-16(12-23-17)24-18(28)13-27-19(29)21(3,25-20(27)30)14-6-8-15(22)9-7-14/h6-12H,4-5,13H2,1-3H3,(H,24,28)(H,25,30). The lowest BCUT2D eigenvalue weighted by atomic mass is 9.92. The fraction of sp³-hybridized carbons (Fsp3) is 0.333. The number of carbonyl (C=O) groups excluding carboxylic acids is 3. The van der Waals surface area contributed by atoms with Crippen molar-refractivity contribution in [3.05, 3.63) is 54.0 Å². The molecule has 2 N–H and O–H groups in total. The third-order valence-corrected chi connectivity index (χ3v) is 5.12. The van der Waals surface area contributed by atoms with E-state index in [0.29, 0.717) is 11.3 Å². The van der Waals surface area contributed by atoms with Crippen molar-refractivity contribution in [1.29, 1.82) is 0 Å². The van der Waals surface area contributed by atoms with Crippen LogP contribution in [0.2, 0.25) is 0 Å². The topological polar surface area (TPSA) is 94.6 Å². The smallest absolute Gasteiger partial charge is 0.325 e. The minimum atomic E-state index is -1.36. The molecule has 0 spiro atoms. The van der Waals surface area contributed by atoms with Crippen molar-refractivity contribution in [3.63, 3.8) is 0 Å². The molecule has 0 saturated carbocycles. The van der Waals surface area contributed by atoms with Crippen LogP contribution in [0.4, 0.5) is 20.7 Å². The van der Waals surface area contributed by atoms with Crippen LogP contribution >= 0.6 is 0 Å². The molecule has 1 aliphatic rings. The van der Waals surface area contributed by atoms with Gasteiger partial charge in [-0.1, -0.05) is 12.1 Å². The molecule has 2 heterocycles. The molecule has 1 aromatic heterocycles. The molecule has 1 atom stereocenters. The van der Waals surface area contributed by atoms with Crippen molar-refractivity contribution in [1.82, 2.24) is 15.2 Å². The lowest BCUT2D eigenvalue weighted by Crippen LogP contribution is -2.42. The van der Waals surface area contributed by atoms with Gasteiger partial charge in [0.25, 0.3) is 5.91 Å². The predicted molar refractivity (Wildman–Crippen MR) is 110 cm³/mol. The number of imide groups is 1. The summed E-state index contributed by atoms with van der Waals surface area (Å²) in [5, 5.41) is 5.23. The SMILES string of the molecule is CCN(CC)c1ccc(NC(=O)CN2C(=O)NC(C)(c3ccc(F)cc3)C2=O)cn1. The van der Waals surface area contributed by atoms with Gasteiger partial charge in [-0.05, 0) is 50.6 Å². The molecule has 2 aromatic rings. The maximum atomic E-state index is 13.2. The monoisotopic (exact) mass is 413 g/mol. The zero-order valence-electron chi connectivity index (χ0n) is 17.1. The van der Waals surface area contributed by atoms with Crippen LogP contribution in [0.25, 0.3) is 0 Å². The highest BCUT2D eigenvalue weighted by Crippen LogP contribution is 2.28. The third-order valence-electron chi connectivity index (χ3n) is 5.12. The van der Waals surface area contributed by atoms with E-state index in [2.05, 4.69) is 20.5 Å². The maximum Gasteiger partial charge on any atom is 0.325 e. The maximum absolute atomic E-state index is 13.2. The lowest BCUT2D eigenvalue weighted by molar-refractivity contribution is -0.133. The number of hydrogen-bond donors (Lipinski definition) is 2. The fourth-order valence-electron chi connectivity index (χ4n) is 3.36. The number of nitrogens with one attached hydrogen (secondary N) is 2. The second-order valence-electron chi connectivity index (χ2n) is 7.08. The molecule has 0 bridgehead atoms. The Morgan fingerprint density at radius 3 is 2.40 bits per heavy atom. The predicted octanol–water partition coefficient (Wildman–Crippen LogP) is 2.47. The van der Waals surface area contributed by atoms with Crippen LogP contribution in [-0.2, 0) is 15.1 Å². The van der Waals surface area contributed by atoms with Crippen molar-refractivity contribution < 1.29 is 18.8 Å². The lowest BCUT2D eigenvalue weighted by Gasteiger charge is -2.22. The van der Waals surface area contributed by atoms with Crippen molar-refractivity contribution in [2.45, 2.75) is 26.3 Å². The summed E-state index contributed by atoms with van der Waals surface area (Å²) >= 11 is 0. The number of benzene rings is 1. The molecular weight excluding hydrogens is 389 g/mol. The van der Waals surface area contributed by atoms with Crippen LogP contribution < -0.4 is 15.5 Å². The van der Waals surface area contributed by atoms with Gasteiger partial charge in [-0.15, -0.1) is 0 Å². The molecule has 1 fully saturated rings. The molecule has 1 unspecified atom stereocenters. The Kier molecular flexibility index (Phi) is 6.00. The van der Waals surface area contributed by atoms with Crippen LogP contribution in [0.3, 0.4) is 0 Å². The molecule has 158 valence electrons. The molecule has 4 amide bonds. The summed E-state index contributed by atoms with van der Waals surface area (Å²) in [5.41, 5.74) is -0.469. The van der Waals surface area contributed by atoms with E-state index in [0.717, 1.165) is 23.8 Å². The van der Waals surface area contributed by atoms with Crippen LogP contribution in [0, 0.1) is 5.82 Å². The highest BCUT2D eigenvalue weighted by molar-refractivity contribution is 6.10. The van der Waals surface area contributed by atoms with Crippen LogP contribution in [0.15, 0.2) is 42.6 Å². The van der Waals surface area contributed by atoms with E-state index in [1.54, 1.807) is 12.1 Å². The number of amides is 4. The minimum Gasteiger partial charge on any atom is -0.357 e. The molecular formula is C21H24FN5O3. The van der Waals surface area contributed by atoms with E-state index >= 15 is 0 Å². The molecule has 0 radical (unpaired) electrons. The van der Waals surface area contributed by atoms with Crippen molar-refractivity contribution in [2.75, 3.05) is 29.9 Å². The molecule has 0 aliphatic carbocycles. The molecule has 9 heteroatoms. The van der Waals surface area contributed by atoms with Gasteiger partial charge in [-0.3, -0.25) is 14.5 Å². The van der Waals surface area contributed by atoms with Crippen molar-refractivity contribution >= 4 is 29.4 Å². The summed E-state index contributed by atoms with van der Waals surface area (Å²) in [5.74, 6) is -0.762. The molecule has 3 rings (SSSR count). The highest BCUT2D eigenvalue weighted by Gasteiger charge is 2.49. The van der Waals surface area contributed by atoms with Gasteiger partial charge in [0.1, 0.15) is 23.7 Å². The van der Waals surface area contributed by atoms with Gasteiger partial charge in [0.2, 0.25) is 5.91 Å². The highest BCUT2D eigenvalue weighted by atomic mass is 19.1. The average Bonchev–Trinajstić information content (AvgIpc) is 2.94. The first-order chi connectivity index (χ1) is 14.3. The van der Waals surface area contributed by atoms with E-state index in [-0.39, 0.29) is 0 Å².